The fourth-order valence-corrected chi connectivity index (χ4v) is 3.41. The van der Waals surface area contributed by atoms with Crippen molar-refractivity contribution < 1.29 is 9.59 Å². The van der Waals surface area contributed by atoms with Gasteiger partial charge in [-0.05, 0) is 31.0 Å². The number of hydrogen-bond acceptors (Lipinski definition) is 5. The van der Waals surface area contributed by atoms with Gasteiger partial charge < -0.3 is 10.6 Å². The van der Waals surface area contributed by atoms with Gasteiger partial charge in [-0.1, -0.05) is 23.2 Å². The predicted molar refractivity (Wildman–Crippen MR) is 110 cm³/mol. The number of amides is 2. The first-order valence-electron chi connectivity index (χ1n) is 8.67. The Kier molecular flexibility index (Phi) is 5.11. The molecule has 1 aliphatic heterocycles. The van der Waals surface area contributed by atoms with Crippen molar-refractivity contribution in [3.8, 4) is 0 Å². The molecule has 1 aliphatic carbocycles. The van der Waals surface area contributed by atoms with Gasteiger partial charge in [0.1, 0.15) is 5.82 Å². The molecular formula is C19H15Cl2N5O2. The first kappa shape index (κ1) is 18.6. The van der Waals surface area contributed by atoms with Gasteiger partial charge in [0.2, 0.25) is 5.91 Å². The summed E-state index contributed by atoms with van der Waals surface area (Å²) in [5.74, 6) is -0.0826. The Morgan fingerprint density at radius 3 is 2.46 bits per heavy atom. The third-order valence-electron chi connectivity index (χ3n) is 4.36. The van der Waals surface area contributed by atoms with Crippen molar-refractivity contribution in [1.82, 2.24) is 4.98 Å². The summed E-state index contributed by atoms with van der Waals surface area (Å²) in [4.78, 5) is 28.7. The Bertz CT molecular complexity index is 1010. The molecule has 142 valence electrons. The van der Waals surface area contributed by atoms with Gasteiger partial charge in [0, 0.05) is 42.1 Å². The fraction of sp³-hybridized carbons (Fsp3) is 0.211. The molecule has 0 spiro atoms. The lowest BCUT2D eigenvalue weighted by Crippen LogP contribution is -2.16. The molecule has 1 fully saturated rings. The van der Waals surface area contributed by atoms with E-state index in [4.69, 9.17) is 23.2 Å². The van der Waals surface area contributed by atoms with E-state index in [1.165, 1.54) is 6.20 Å². The van der Waals surface area contributed by atoms with Crippen LogP contribution in [0, 0.1) is 5.92 Å². The molecule has 0 radical (unpaired) electrons. The first-order chi connectivity index (χ1) is 13.5. The lowest BCUT2D eigenvalue weighted by Gasteiger charge is -2.11. The average Bonchev–Trinajstić information content (AvgIpc) is 3.36. The second-order valence-electron chi connectivity index (χ2n) is 6.51. The van der Waals surface area contributed by atoms with E-state index in [2.05, 4.69) is 25.8 Å². The zero-order valence-electron chi connectivity index (χ0n) is 14.6. The van der Waals surface area contributed by atoms with Crippen LogP contribution in [0.4, 0.5) is 11.5 Å². The van der Waals surface area contributed by atoms with Crippen LogP contribution in [0.25, 0.3) is 0 Å². The summed E-state index contributed by atoms with van der Waals surface area (Å²) in [7, 11) is 0. The van der Waals surface area contributed by atoms with Crippen LogP contribution in [-0.2, 0) is 4.79 Å². The predicted octanol–water partition coefficient (Wildman–Crippen LogP) is 4.17. The minimum atomic E-state index is -0.461. The molecule has 2 N–H and O–H groups in total. The highest BCUT2D eigenvalue weighted by Crippen LogP contribution is 2.31. The standard InChI is InChI=1S/C19H15Cl2N5O2/c20-13-7-11(15-4-6-23-26-15)8-14(21)17(13)19(28)24-12-3-5-22-16(9-12)25-18(27)10-1-2-10/h3,5-10H,1-2,4H2,(H2,22,24,25,27,28). The summed E-state index contributed by atoms with van der Waals surface area (Å²) in [6.45, 7) is 0. The molecule has 2 aliphatic rings. The van der Waals surface area contributed by atoms with Crippen molar-refractivity contribution in [2.75, 3.05) is 10.6 Å². The van der Waals surface area contributed by atoms with Crippen molar-refractivity contribution in [3.63, 3.8) is 0 Å². The molecule has 2 heterocycles. The molecule has 1 aromatic heterocycles. The van der Waals surface area contributed by atoms with Crippen LogP contribution in [0.2, 0.25) is 10.0 Å². The smallest absolute Gasteiger partial charge is 0.258 e. The zero-order chi connectivity index (χ0) is 19.7. The number of pyridine rings is 1. The monoisotopic (exact) mass is 415 g/mol. The van der Waals surface area contributed by atoms with Crippen LogP contribution in [-0.4, -0.2) is 28.7 Å². The van der Waals surface area contributed by atoms with E-state index in [0.29, 0.717) is 17.9 Å². The lowest BCUT2D eigenvalue weighted by molar-refractivity contribution is -0.117. The van der Waals surface area contributed by atoms with Crippen LogP contribution in [0.3, 0.4) is 0 Å². The number of nitrogens with one attached hydrogen (secondary N) is 2. The van der Waals surface area contributed by atoms with Crippen molar-refractivity contribution in [1.29, 1.82) is 0 Å². The van der Waals surface area contributed by atoms with E-state index in [-0.39, 0.29) is 27.4 Å². The maximum absolute atomic E-state index is 12.7. The van der Waals surface area contributed by atoms with Gasteiger partial charge >= 0.3 is 0 Å². The van der Waals surface area contributed by atoms with Crippen LogP contribution in [0.1, 0.15) is 35.2 Å². The normalized spacial score (nSPS) is 15.3. The van der Waals surface area contributed by atoms with Crippen LogP contribution >= 0.6 is 23.2 Å². The summed E-state index contributed by atoms with van der Waals surface area (Å²) in [6, 6.07) is 6.48. The molecule has 7 nitrogen and oxygen atoms in total. The Morgan fingerprint density at radius 1 is 1.07 bits per heavy atom. The topological polar surface area (TPSA) is 95.8 Å². The number of aromatic nitrogens is 1. The number of carbonyl (C=O) groups excluding carboxylic acids is 2. The van der Waals surface area contributed by atoms with E-state index in [1.807, 2.05) is 0 Å². The molecule has 0 unspecified atom stereocenters. The SMILES string of the molecule is O=C(Nc1ccnc(NC(=O)C2CC2)c1)c1c(Cl)cc(C2=NN=CC2)cc1Cl. The lowest BCUT2D eigenvalue weighted by atomic mass is 10.1. The van der Waals surface area contributed by atoms with Gasteiger partial charge in [0.15, 0.2) is 0 Å². The van der Waals surface area contributed by atoms with Crippen LogP contribution in [0.5, 0.6) is 0 Å². The van der Waals surface area contributed by atoms with Crippen molar-refractivity contribution >= 4 is 58.4 Å². The minimum absolute atomic E-state index is 0.0588. The molecular weight excluding hydrogens is 401 g/mol. The van der Waals surface area contributed by atoms with E-state index >= 15 is 0 Å². The molecule has 2 aromatic rings. The van der Waals surface area contributed by atoms with Crippen LogP contribution < -0.4 is 10.6 Å². The molecule has 2 amide bonds. The molecule has 9 heteroatoms. The number of anilines is 2. The first-order valence-corrected chi connectivity index (χ1v) is 9.43. The van der Waals surface area contributed by atoms with Crippen LogP contribution in [0.15, 0.2) is 40.7 Å². The number of halogens is 2. The second kappa shape index (κ2) is 7.69. The Balaban J connectivity index is 1.51. The molecule has 1 aromatic carbocycles. The van der Waals surface area contributed by atoms with Gasteiger partial charge in [0.05, 0.1) is 21.3 Å². The number of rotatable bonds is 5. The number of benzene rings is 1. The maximum atomic E-state index is 12.7. The number of hydrogen-bond donors (Lipinski definition) is 2. The van der Waals surface area contributed by atoms with Crippen molar-refractivity contribution in [2.24, 2.45) is 16.1 Å². The third-order valence-corrected chi connectivity index (χ3v) is 4.96. The summed E-state index contributed by atoms with van der Waals surface area (Å²) < 4.78 is 0. The summed E-state index contributed by atoms with van der Waals surface area (Å²) >= 11 is 12.6. The summed E-state index contributed by atoms with van der Waals surface area (Å²) in [5.41, 5.74) is 2.09. The molecule has 0 saturated heterocycles. The Morgan fingerprint density at radius 2 is 1.82 bits per heavy atom. The van der Waals surface area contributed by atoms with Gasteiger partial charge in [-0.2, -0.15) is 10.2 Å². The Labute approximate surface area is 170 Å². The van der Waals surface area contributed by atoms with Gasteiger partial charge in [0.25, 0.3) is 5.91 Å². The van der Waals surface area contributed by atoms with Crippen molar-refractivity contribution in [3.05, 3.63) is 51.6 Å². The highest BCUT2D eigenvalue weighted by Gasteiger charge is 2.29. The van der Waals surface area contributed by atoms with E-state index in [9.17, 15) is 9.59 Å². The highest BCUT2D eigenvalue weighted by molar-refractivity contribution is 6.41. The van der Waals surface area contributed by atoms with E-state index in [1.54, 1.807) is 30.5 Å². The Hall–Kier alpha value is -2.77. The zero-order valence-corrected chi connectivity index (χ0v) is 16.1. The number of carbonyl (C=O) groups is 2. The van der Waals surface area contributed by atoms with Gasteiger partial charge in [-0.3, -0.25) is 9.59 Å². The number of nitrogens with zero attached hydrogens (tertiary/aromatic N) is 3. The second-order valence-corrected chi connectivity index (χ2v) is 7.33. The third kappa shape index (κ3) is 4.05. The largest absolute Gasteiger partial charge is 0.322 e. The van der Waals surface area contributed by atoms with E-state index in [0.717, 1.165) is 24.1 Å². The minimum Gasteiger partial charge on any atom is -0.322 e. The van der Waals surface area contributed by atoms with Crippen molar-refractivity contribution in [2.45, 2.75) is 19.3 Å². The van der Waals surface area contributed by atoms with Gasteiger partial charge in [-0.15, -0.1) is 0 Å². The molecule has 1 saturated carbocycles. The summed E-state index contributed by atoms with van der Waals surface area (Å²) in [5, 5.41) is 13.7. The highest BCUT2D eigenvalue weighted by atomic mass is 35.5. The maximum Gasteiger partial charge on any atom is 0.258 e. The molecule has 0 atom stereocenters. The molecule has 28 heavy (non-hydrogen) atoms. The molecule has 4 rings (SSSR count). The van der Waals surface area contributed by atoms with E-state index < -0.39 is 5.91 Å². The fourth-order valence-electron chi connectivity index (χ4n) is 2.75. The average molecular weight is 416 g/mol. The van der Waals surface area contributed by atoms with Gasteiger partial charge in [-0.25, -0.2) is 4.98 Å². The summed E-state index contributed by atoms with van der Waals surface area (Å²) in [6.07, 6.45) is 5.57. The quantitative estimate of drug-likeness (QED) is 0.766. The molecule has 0 bridgehead atoms.